The maximum Gasteiger partial charge on any atom is 0.240 e. The van der Waals surface area contributed by atoms with E-state index in [9.17, 15) is 4.79 Å². The van der Waals surface area contributed by atoms with Crippen molar-refractivity contribution < 1.29 is 9.53 Å². The Morgan fingerprint density at radius 2 is 2.06 bits per heavy atom. The lowest BCUT2D eigenvalue weighted by atomic mass is 9.94. The number of carbonyl (C=O) groups excluding carboxylic acids is 1. The maximum absolute atomic E-state index is 11.5. The van der Waals surface area contributed by atoms with Crippen molar-refractivity contribution in [3.05, 3.63) is 35.9 Å². The van der Waals surface area contributed by atoms with Gasteiger partial charge in [0, 0.05) is 13.7 Å². The number of benzene rings is 1. The van der Waals surface area contributed by atoms with E-state index in [1.54, 1.807) is 14.0 Å². The highest BCUT2D eigenvalue weighted by atomic mass is 16.5. The van der Waals surface area contributed by atoms with Crippen molar-refractivity contribution in [1.29, 1.82) is 0 Å². The number of methoxy groups -OCH3 is 1. The first-order valence-corrected chi connectivity index (χ1v) is 5.62. The number of primary amides is 1. The van der Waals surface area contributed by atoms with Crippen LogP contribution in [0.15, 0.2) is 30.3 Å². The fourth-order valence-corrected chi connectivity index (χ4v) is 1.55. The normalized spacial score (nSPS) is 16.2. The third kappa shape index (κ3) is 3.28. The third-order valence-corrected chi connectivity index (χ3v) is 3.18. The molecule has 0 aliphatic heterocycles. The number of carbonyl (C=O) groups is 1. The van der Waals surface area contributed by atoms with Gasteiger partial charge in [0.2, 0.25) is 5.91 Å². The van der Waals surface area contributed by atoms with Gasteiger partial charge in [0.1, 0.15) is 5.54 Å². The van der Waals surface area contributed by atoms with Crippen molar-refractivity contribution in [3.8, 4) is 0 Å². The van der Waals surface area contributed by atoms with E-state index in [2.05, 4.69) is 5.32 Å². The molecule has 2 unspecified atom stereocenters. The third-order valence-electron chi connectivity index (χ3n) is 3.18. The second kappa shape index (κ2) is 5.80. The zero-order valence-electron chi connectivity index (χ0n) is 10.6. The molecule has 2 atom stereocenters. The fourth-order valence-electron chi connectivity index (χ4n) is 1.55. The number of nitrogens with one attached hydrogen (secondary N) is 1. The summed E-state index contributed by atoms with van der Waals surface area (Å²) in [6.07, 6.45) is -0.288. The van der Waals surface area contributed by atoms with E-state index in [0.717, 1.165) is 5.56 Å². The van der Waals surface area contributed by atoms with Crippen LogP contribution in [0.4, 0.5) is 0 Å². The average Bonchev–Trinajstić information content (AvgIpc) is 2.35. The first-order chi connectivity index (χ1) is 8.00. The summed E-state index contributed by atoms with van der Waals surface area (Å²) in [6.45, 7) is 4.16. The van der Waals surface area contributed by atoms with Crippen LogP contribution in [-0.2, 0) is 16.1 Å². The van der Waals surface area contributed by atoms with Gasteiger partial charge in [-0.15, -0.1) is 0 Å². The van der Waals surface area contributed by atoms with Gasteiger partial charge >= 0.3 is 0 Å². The Hall–Kier alpha value is -1.39. The van der Waals surface area contributed by atoms with Crippen molar-refractivity contribution >= 4 is 5.91 Å². The first-order valence-electron chi connectivity index (χ1n) is 5.62. The summed E-state index contributed by atoms with van der Waals surface area (Å²) in [5.74, 6) is -0.414. The quantitative estimate of drug-likeness (QED) is 0.776. The number of hydrogen-bond acceptors (Lipinski definition) is 3. The largest absolute Gasteiger partial charge is 0.379 e. The van der Waals surface area contributed by atoms with Gasteiger partial charge in [-0.3, -0.25) is 10.1 Å². The minimum Gasteiger partial charge on any atom is -0.379 e. The Balaban J connectivity index is 2.72. The molecule has 3 N–H and O–H groups in total. The molecule has 0 aliphatic rings. The van der Waals surface area contributed by atoms with Gasteiger partial charge < -0.3 is 10.5 Å². The number of ether oxygens (including phenoxy) is 1. The number of rotatable bonds is 6. The maximum atomic E-state index is 11.5. The summed E-state index contributed by atoms with van der Waals surface area (Å²) >= 11 is 0. The molecule has 0 saturated heterocycles. The molecule has 0 fully saturated rings. The van der Waals surface area contributed by atoms with Crippen LogP contribution in [0.25, 0.3) is 0 Å². The second-order valence-electron chi connectivity index (χ2n) is 4.28. The van der Waals surface area contributed by atoms with Gasteiger partial charge in [-0.1, -0.05) is 30.3 Å². The minimum atomic E-state index is -0.870. The molecule has 0 aliphatic carbocycles. The molecule has 1 aromatic carbocycles. The number of amides is 1. The van der Waals surface area contributed by atoms with E-state index < -0.39 is 11.4 Å². The van der Waals surface area contributed by atoms with Crippen molar-refractivity contribution in [2.24, 2.45) is 5.73 Å². The highest BCUT2D eigenvalue weighted by molar-refractivity contribution is 5.84. The van der Waals surface area contributed by atoms with Crippen LogP contribution in [0.5, 0.6) is 0 Å². The van der Waals surface area contributed by atoms with Crippen LogP contribution < -0.4 is 11.1 Å². The van der Waals surface area contributed by atoms with E-state index in [1.807, 2.05) is 37.3 Å². The lowest BCUT2D eigenvalue weighted by molar-refractivity contribution is -0.129. The summed E-state index contributed by atoms with van der Waals surface area (Å²) in [7, 11) is 1.57. The van der Waals surface area contributed by atoms with Crippen LogP contribution in [0.1, 0.15) is 19.4 Å². The molecule has 0 aromatic heterocycles. The minimum absolute atomic E-state index is 0.288. The summed E-state index contributed by atoms with van der Waals surface area (Å²) in [6, 6.07) is 9.85. The fraction of sp³-hybridized carbons (Fsp3) is 0.462. The van der Waals surface area contributed by atoms with Gasteiger partial charge in [0.15, 0.2) is 0 Å². The zero-order valence-corrected chi connectivity index (χ0v) is 10.6. The van der Waals surface area contributed by atoms with Crippen molar-refractivity contribution in [1.82, 2.24) is 5.32 Å². The Labute approximate surface area is 102 Å². The summed E-state index contributed by atoms with van der Waals surface area (Å²) in [4.78, 5) is 11.5. The highest BCUT2D eigenvalue weighted by Crippen LogP contribution is 2.13. The predicted molar refractivity (Wildman–Crippen MR) is 67.4 cm³/mol. The van der Waals surface area contributed by atoms with Crippen molar-refractivity contribution in [2.75, 3.05) is 7.11 Å². The Morgan fingerprint density at radius 1 is 1.47 bits per heavy atom. The van der Waals surface area contributed by atoms with Crippen LogP contribution in [0, 0.1) is 0 Å². The summed E-state index contributed by atoms with van der Waals surface area (Å²) in [5, 5.41) is 3.16. The SMILES string of the molecule is COC(C)C(C)(NCc1ccccc1)C(N)=O. The second-order valence-corrected chi connectivity index (χ2v) is 4.28. The van der Waals surface area contributed by atoms with Gasteiger partial charge in [-0.2, -0.15) is 0 Å². The molecule has 0 bridgehead atoms. The van der Waals surface area contributed by atoms with Gasteiger partial charge in [0.25, 0.3) is 0 Å². The van der Waals surface area contributed by atoms with Gasteiger partial charge in [-0.05, 0) is 19.4 Å². The van der Waals surface area contributed by atoms with Crippen LogP contribution in [-0.4, -0.2) is 24.7 Å². The molecule has 1 amide bonds. The van der Waals surface area contributed by atoms with Crippen LogP contribution >= 0.6 is 0 Å². The molecule has 0 spiro atoms. The van der Waals surface area contributed by atoms with E-state index >= 15 is 0 Å². The van der Waals surface area contributed by atoms with E-state index in [-0.39, 0.29) is 6.10 Å². The zero-order chi connectivity index (χ0) is 12.9. The topological polar surface area (TPSA) is 64.3 Å². The lowest BCUT2D eigenvalue weighted by Crippen LogP contribution is -2.60. The molecule has 17 heavy (non-hydrogen) atoms. The molecule has 4 nitrogen and oxygen atoms in total. The standard InChI is InChI=1S/C13H20N2O2/c1-10(17-3)13(2,12(14)16)15-9-11-7-5-4-6-8-11/h4-8,10,15H,9H2,1-3H3,(H2,14,16). The number of hydrogen-bond donors (Lipinski definition) is 2. The van der Waals surface area contributed by atoms with Crippen LogP contribution in [0.2, 0.25) is 0 Å². The predicted octanol–water partition coefficient (Wildman–Crippen LogP) is 1.06. The van der Waals surface area contributed by atoms with Crippen molar-refractivity contribution in [2.45, 2.75) is 32.0 Å². The molecule has 0 radical (unpaired) electrons. The smallest absolute Gasteiger partial charge is 0.240 e. The van der Waals surface area contributed by atoms with E-state index in [0.29, 0.717) is 6.54 Å². The van der Waals surface area contributed by atoms with Crippen molar-refractivity contribution in [3.63, 3.8) is 0 Å². The van der Waals surface area contributed by atoms with E-state index in [4.69, 9.17) is 10.5 Å². The first kappa shape index (κ1) is 13.7. The molecule has 0 heterocycles. The Bertz CT molecular complexity index is 367. The lowest BCUT2D eigenvalue weighted by Gasteiger charge is -2.32. The molecule has 0 saturated carbocycles. The Kier molecular flexibility index (Phi) is 4.66. The molecular weight excluding hydrogens is 216 g/mol. The molecule has 4 heteroatoms. The number of nitrogens with two attached hydrogens (primary N) is 1. The average molecular weight is 236 g/mol. The van der Waals surface area contributed by atoms with Gasteiger partial charge in [-0.25, -0.2) is 0 Å². The molecule has 94 valence electrons. The molecular formula is C13H20N2O2. The van der Waals surface area contributed by atoms with E-state index in [1.165, 1.54) is 0 Å². The van der Waals surface area contributed by atoms with Gasteiger partial charge in [0.05, 0.1) is 6.10 Å². The summed E-state index contributed by atoms with van der Waals surface area (Å²) < 4.78 is 5.20. The molecule has 1 aromatic rings. The molecule has 1 rings (SSSR count). The van der Waals surface area contributed by atoms with Crippen LogP contribution in [0.3, 0.4) is 0 Å². The Morgan fingerprint density at radius 3 is 2.53 bits per heavy atom. The monoisotopic (exact) mass is 236 g/mol. The highest BCUT2D eigenvalue weighted by Gasteiger charge is 2.36. The summed E-state index contributed by atoms with van der Waals surface area (Å²) in [5.41, 5.74) is 5.66.